The Morgan fingerprint density at radius 3 is 2.15 bits per heavy atom. The summed E-state index contributed by atoms with van der Waals surface area (Å²) in [4.78, 5) is 28.9. The van der Waals surface area contributed by atoms with Gasteiger partial charge in [-0.25, -0.2) is 0 Å². The number of carbonyl (C=O) groups excluding carboxylic acids is 2. The molecular formula is C19H30Cl2N4O2. The van der Waals surface area contributed by atoms with Gasteiger partial charge in [0.05, 0.1) is 12.0 Å². The van der Waals surface area contributed by atoms with Crippen molar-refractivity contribution in [1.82, 2.24) is 9.80 Å². The predicted molar refractivity (Wildman–Crippen MR) is 113 cm³/mol. The van der Waals surface area contributed by atoms with Crippen molar-refractivity contribution in [2.24, 2.45) is 5.73 Å². The number of piperazine rings is 1. The fourth-order valence-electron chi connectivity index (χ4n) is 3.54. The molecule has 2 aliphatic rings. The van der Waals surface area contributed by atoms with Crippen LogP contribution >= 0.6 is 24.8 Å². The summed E-state index contributed by atoms with van der Waals surface area (Å²) in [5, 5.41) is 2.91. The predicted octanol–water partition coefficient (Wildman–Crippen LogP) is 2.06. The molecule has 1 aliphatic heterocycles. The molecule has 1 aliphatic carbocycles. The smallest absolute Gasteiger partial charge is 0.244 e. The van der Waals surface area contributed by atoms with Crippen LogP contribution in [0.15, 0.2) is 24.3 Å². The highest BCUT2D eigenvalue weighted by Gasteiger charge is 2.36. The number of hydrogen-bond donors (Lipinski definition) is 2. The van der Waals surface area contributed by atoms with Gasteiger partial charge in [-0.3, -0.25) is 9.59 Å². The number of likely N-dealkylation sites (N-methyl/N-ethyl adjacent to an activating group) is 1. The van der Waals surface area contributed by atoms with E-state index < -0.39 is 5.54 Å². The van der Waals surface area contributed by atoms with Crippen LogP contribution in [0.1, 0.15) is 31.2 Å². The highest BCUT2D eigenvalue weighted by Crippen LogP contribution is 2.28. The topological polar surface area (TPSA) is 78.7 Å². The molecule has 1 aromatic rings. The lowest BCUT2D eigenvalue weighted by Gasteiger charge is -2.32. The Kier molecular flexibility index (Phi) is 9.02. The van der Waals surface area contributed by atoms with E-state index in [1.165, 1.54) is 0 Å². The van der Waals surface area contributed by atoms with Crippen LogP contribution in [0.4, 0.5) is 5.69 Å². The number of rotatable bonds is 4. The first-order valence-corrected chi connectivity index (χ1v) is 9.12. The van der Waals surface area contributed by atoms with E-state index in [2.05, 4.69) is 17.3 Å². The van der Waals surface area contributed by atoms with Crippen molar-refractivity contribution in [2.45, 2.75) is 37.6 Å². The number of nitrogens with zero attached hydrogens (tertiary/aromatic N) is 2. The number of hydrogen-bond acceptors (Lipinski definition) is 4. The molecule has 6 nitrogen and oxygen atoms in total. The molecule has 3 N–H and O–H groups in total. The van der Waals surface area contributed by atoms with Crippen LogP contribution in [-0.4, -0.2) is 60.4 Å². The third-order valence-electron chi connectivity index (χ3n) is 5.37. The van der Waals surface area contributed by atoms with Gasteiger partial charge < -0.3 is 20.9 Å². The minimum Gasteiger partial charge on any atom is -0.340 e. The van der Waals surface area contributed by atoms with Crippen molar-refractivity contribution < 1.29 is 9.59 Å². The van der Waals surface area contributed by atoms with Gasteiger partial charge >= 0.3 is 0 Å². The second-order valence-corrected chi connectivity index (χ2v) is 7.38. The second-order valence-electron chi connectivity index (χ2n) is 7.38. The third kappa shape index (κ3) is 6.07. The fraction of sp³-hybridized carbons (Fsp3) is 0.579. The van der Waals surface area contributed by atoms with Gasteiger partial charge in [-0.15, -0.1) is 24.8 Å². The molecule has 1 saturated heterocycles. The number of halogens is 2. The van der Waals surface area contributed by atoms with Gasteiger partial charge in [-0.1, -0.05) is 25.0 Å². The van der Waals surface area contributed by atoms with Gasteiger partial charge in [0, 0.05) is 31.9 Å². The van der Waals surface area contributed by atoms with Crippen molar-refractivity contribution >= 4 is 42.3 Å². The van der Waals surface area contributed by atoms with E-state index in [4.69, 9.17) is 5.73 Å². The van der Waals surface area contributed by atoms with Gasteiger partial charge in [0.1, 0.15) is 0 Å². The first kappa shape index (κ1) is 23.7. The van der Waals surface area contributed by atoms with E-state index in [0.717, 1.165) is 63.1 Å². The Morgan fingerprint density at radius 2 is 1.59 bits per heavy atom. The first-order valence-electron chi connectivity index (χ1n) is 9.12. The fourth-order valence-corrected chi connectivity index (χ4v) is 3.54. The molecule has 0 spiro atoms. The average Bonchev–Trinajstić information content (AvgIpc) is 3.05. The molecule has 27 heavy (non-hydrogen) atoms. The maximum atomic E-state index is 12.4. The molecule has 152 valence electrons. The average molecular weight is 417 g/mol. The molecule has 0 unspecified atom stereocenters. The summed E-state index contributed by atoms with van der Waals surface area (Å²) in [6.07, 6.45) is 3.92. The molecule has 1 heterocycles. The van der Waals surface area contributed by atoms with E-state index in [1.54, 1.807) is 0 Å². The zero-order valence-electron chi connectivity index (χ0n) is 15.8. The van der Waals surface area contributed by atoms with Gasteiger partial charge in [-0.2, -0.15) is 0 Å². The van der Waals surface area contributed by atoms with E-state index in [9.17, 15) is 9.59 Å². The lowest BCUT2D eigenvalue weighted by molar-refractivity contribution is -0.132. The van der Waals surface area contributed by atoms with Crippen molar-refractivity contribution in [3.05, 3.63) is 29.8 Å². The number of nitrogens with one attached hydrogen (secondary N) is 1. The minimum atomic E-state index is -0.726. The molecule has 2 amide bonds. The normalized spacial score (nSPS) is 19.0. The number of benzene rings is 1. The summed E-state index contributed by atoms with van der Waals surface area (Å²) in [5.74, 6) is 0.0583. The van der Waals surface area contributed by atoms with Gasteiger partial charge in [0.2, 0.25) is 11.8 Å². The maximum absolute atomic E-state index is 12.4. The van der Waals surface area contributed by atoms with Crippen molar-refractivity contribution in [1.29, 1.82) is 0 Å². The summed E-state index contributed by atoms with van der Waals surface area (Å²) >= 11 is 0. The van der Waals surface area contributed by atoms with E-state index in [-0.39, 0.29) is 36.6 Å². The van der Waals surface area contributed by atoms with Crippen LogP contribution in [0.25, 0.3) is 0 Å². The SMILES string of the molecule is CN1CCN(C(=O)Cc2ccc(NC(=O)C3(N)CCCC3)cc2)CC1.Cl.Cl. The van der Waals surface area contributed by atoms with Crippen LogP contribution in [0.5, 0.6) is 0 Å². The number of amides is 2. The Bertz CT molecular complexity index is 625. The summed E-state index contributed by atoms with van der Waals surface area (Å²) in [7, 11) is 2.08. The van der Waals surface area contributed by atoms with E-state index in [0.29, 0.717) is 6.42 Å². The summed E-state index contributed by atoms with van der Waals surface area (Å²) < 4.78 is 0. The molecule has 0 atom stereocenters. The number of anilines is 1. The van der Waals surface area contributed by atoms with Crippen molar-refractivity contribution in [3.8, 4) is 0 Å². The lowest BCUT2D eigenvalue weighted by Crippen LogP contribution is -2.48. The largest absolute Gasteiger partial charge is 0.340 e. The Labute approximate surface area is 173 Å². The highest BCUT2D eigenvalue weighted by molar-refractivity contribution is 5.98. The minimum absolute atomic E-state index is 0. The molecule has 0 bridgehead atoms. The molecule has 0 radical (unpaired) electrons. The standard InChI is InChI=1S/C19H28N4O2.2ClH/c1-22-10-12-23(13-11-22)17(24)14-15-4-6-16(7-5-15)21-18(25)19(20)8-2-3-9-19;;/h4-7H,2-3,8-14,20H2,1H3,(H,21,25);2*1H. The molecule has 1 saturated carbocycles. The molecule has 2 fully saturated rings. The van der Waals surface area contributed by atoms with Gasteiger partial charge in [0.25, 0.3) is 0 Å². The molecule has 3 rings (SSSR count). The van der Waals surface area contributed by atoms with Gasteiger partial charge in [-0.05, 0) is 37.6 Å². The van der Waals surface area contributed by atoms with Crippen molar-refractivity contribution in [2.75, 3.05) is 38.5 Å². The first-order chi connectivity index (χ1) is 12.0. The van der Waals surface area contributed by atoms with Crippen LogP contribution in [0.3, 0.4) is 0 Å². The monoisotopic (exact) mass is 416 g/mol. The van der Waals surface area contributed by atoms with Crippen LogP contribution in [0, 0.1) is 0 Å². The van der Waals surface area contributed by atoms with Crippen LogP contribution < -0.4 is 11.1 Å². The number of carbonyl (C=O) groups is 2. The Morgan fingerprint density at radius 1 is 1.04 bits per heavy atom. The number of nitrogens with two attached hydrogens (primary N) is 1. The summed E-state index contributed by atoms with van der Waals surface area (Å²) in [5.41, 5.74) is 7.14. The summed E-state index contributed by atoms with van der Waals surface area (Å²) in [6, 6.07) is 7.51. The quantitative estimate of drug-likeness (QED) is 0.786. The van der Waals surface area contributed by atoms with Gasteiger partial charge in [0.15, 0.2) is 0 Å². The zero-order valence-corrected chi connectivity index (χ0v) is 17.4. The Hall–Kier alpha value is -1.34. The third-order valence-corrected chi connectivity index (χ3v) is 5.37. The zero-order chi connectivity index (χ0) is 17.9. The maximum Gasteiger partial charge on any atom is 0.244 e. The second kappa shape index (κ2) is 10.3. The highest BCUT2D eigenvalue weighted by atomic mass is 35.5. The molecule has 0 aromatic heterocycles. The molecule has 1 aromatic carbocycles. The lowest BCUT2D eigenvalue weighted by atomic mass is 9.98. The summed E-state index contributed by atoms with van der Waals surface area (Å²) in [6.45, 7) is 3.44. The van der Waals surface area contributed by atoms with E-state index in [1.807, 2.05) is 29.2 Å². The molecular weight excluding hydrogens is 387 g/mol. The molecule has 8 heteroatoms. The van der Waals surface area contributed by atoms with Crippen LogP contribution in [0.2, 0.25) is 0 Å². The van der Waals surface area contributed by atoms with Crippen molar-refractivity contribution in [3.63, 3.8) is 0 Å². The van der Waals surface area contributed by atoms with Crippen LogP contribution in [-0.2, 0) is 16.0 Å². The van der Waals surface area contributed by atoms with E-state index >= 15 is 0 Å². The Balaban J connectivity index is 0.00000182.